The lowest BCUT2D eigenvalue weighted by molar-refractivity contribution is -0.385. The van der Waals surface area contributed by atoms with Gasteiger partial charge in [-0.3, -0.25) is 14.9 Å². The number of aryl methyl sites for hydroxylation is 1. The fraction of sp³-hybridized carbons (Fsp3) is 0.188. The molecule has 0 aliphatic heterocycles. The number of para-hydroxylation sites is 1. The molecule has 0 saturated heterocycles. The number of Topliss-reactive ketones (excluding diaryl/α,β-unsaturated/α-hetero) is 1. The number of rotatable bonds is 5. The number of carbonyl (C=O) groups excluding carboxylic acids is 1. The van der Waals surface area contributed by atoms with E-state index in [0.717, 1.165) is 5.56 Å². The highest BCUT2D eigenvalue weighted by Crippen LogP contribution is 2.23. The summed E-state index contributed by atoms with van der Waals surface area (Å²) in [5.41, 5.74) is 1.78. The van der Waals surface area contributed by atoms with Crippen molar-refractivity contribution >= 4 is 11.5 Å². The van der Waals surface area contributed by atoms with Gasteiger partial charge in [-0.2, -0.15) is 0 Å². The van der Waals surface area contributed by atoms with Gasteiger partial charge < -0.3 is 4.74 Å². The minimum Gasteiger partial charge on any atom is -0.496 e. The van der Waals surface area contributed by atoms with Gasteiger partial charge in [-0.25, -0.2) is 0 Å². The zero-order valence-corrected chi connectivity index (χ0v) is 11.8. The van der Waals surface area contributed by atoms with Gasteiger partial charge in [0.2, 0.25) is 0 Å². The third-order valence-corrected chi connectivity index (χ3v) is 3.27. The summed E-state index contributed by atoms with van der Waals surface area (Å²) in [4.78, 5) is 22.8. The summed E-state index contributed by atoms with van der Waals surface area (Å²) < 4.78 is 5.19. The number of nitro groups is 1. The average molecular weight is 285 g/mol. The van der Waals surface area contributed by atoms with Crippen molar-refractivity contribution in [1.29, 1.82) is 0 Å². The molecule has 0 bridgehead atoms. The van der Waals surface area contributed by atoms with Crippen LogP contribution < -0.4 is 4.74 Å². The fourth-order valence-corrected chi connectivity index (χ4v) is 2.11. The van der Waals surface area contributed by atoms with Crippen molar-refractivity contribution in [1.82, 2.24) is 0 Å². The Hall–Kier alpha value is -2.69. The van der Waals surface area contributed by atoms with E-state index in [9.17, 15) is 14.9 Å². The van der Waals surface area contributed by atoms with Gasteiger partial charge in [0.25, 0.3) is 5.69 Å². The number of carbonyl (C=O) groups is 1. The van der Waals surface area contributed by atoms with Crippen LogP contribution in [0.4, 0.5) is 5.69 Å². The molecular formula is C16H15NO4. The molecule has 0 unspecified atom stereocenters. The topological polar surface area (TPSA) is 69.4 Å². The van der Waals surface area contributed by atoms with Crippen molar-refractivity contribution in [2.24, 2.45) is 0 Å². The zero-order valence-electron chi connectivity index (χ0n) is 11.8. The monoisotopic (exact) mass is 285 g/mol. The molecule has 0 fully saturated rings. The second-order valence-electron chi connectivity index (χ2n) is 4.67. The molecule has 21 heavy (non-hydrogen) atoms. The number of ether oxygens (including phenoxy) is 1. The van der Waals surface area contributed by atoms with E-state index in [1.54, 1.807) is 43.5 Å². The summed E-state index contributed by atoms with van der Waals surface area (Å²) in [6.07, 6.45) is -0.0105. The Morgan fingerprint density at radius 1 is 1.24 bits per heavy atom. The van der Waals surface area contributed by atoms with E-state index >= 15 is 0 Å². The Kier molecular flexibility index (Phi) is 4.33. The van der Waals surface area contributed by atoms with Gasteiger partial charge in [-0.05, 0) is 18.6 Å². The van der Waals surface area contributed by atoms with Crippen molar-refractivity contribution in [2.75, 3.05) is 7.11 Å². The van der Waals surface area contributed by atoms with Gasteiger partial charge in [-0.15, -0.1) is 0 Å². The van der Waals surface area contributed by atoms with Gasteiger partial charge in [0.15, 0.2) is 5.78 Å². The number of ketones is 1. The predicted molar refractivity (Wildman–Crippen MR) is 78.9 cm³/mol. The molecule has 2 rings (SSSR count). The second kappa shape index (κ2) is 6.17. The van der Waals surface area contributed by atoms with Crippen LogP contribution in [0, 0.1) is 17.0 Å². The molecule has 0 saturated carbocycles. The third kappa shape index (κ3) is 3.25. The number of hydrogen-bond acceptors (Lipinski definition) is 4. The number of benzene rings is 2. The summed E-state index contributed by atoms with van der Waals surface area (Å²) in [6, 6.07) is 11.4. The zero-order chi connectivity index (χ0) is 15.4. The smallest absolute Gasteiger partial charge is 0.273 e. The third-order valence-electron chi connectivity index (χ3n) is 3.27. The highest BCUT2D eigenvalue weighted by Gasteiger charge is 2.17. The van der Waals surface area contributed by atoms with Crippen molar-refractivity contribution in [3.05, 3.63) is 69.3 Å². The van der Waals surface area contributed by atoms with Crippen LogP contribution in [0.3, 0.4) is 0 Å². The maximum atomic E-state index is 12.3. The molecule has 0 aromatic heterocycles. The SMILES string of the molecule is COc1cc(C(=O)Cc2ccccc2[N+](=O)[O-])ccc1C. The second-order valence-corrected chi connectivity index (χ2v) is 4.67. The molecule has 0 aliphatic carbocycles. The van der Waals surface area contributed by atoms with Crippen molar-refractivity contribution in [3.8, 4) is 5.75 Å². The Morgan fingerprint density at radius 3 is 2.62 bits per heavy atom. The van der Waals surface area contributed by atoms with Gasteiger partial charge >= 0.3 is 0 Å². The first-order valence-corrected chi connectivity index (χ1v) is 6.43. The largest absolute Gasteiger partial charge is 0.496 e. The summed E-state index contributed by atoms with van der Waals surface area (Å²) >= 11 is 0. The molecule has 108 valence electrons. The lowest BCUT2D eigenvalue weighted by atomic mass is 10.0. The van der Waals surface area contributed by atoms with E-state index in [1.807, 2.05) is 6.92 Å². The summed E-state index contributed by atoms with van der Waals surface area (Å²) in [6.45, 7) is 1.88. The molecule has 5 nitrogen and oxygen atoms in total. The molecule has 0 N–H and O–H groups in total. The van der Waals surface area contributed by atoms with Crippen LogP contribution in [0.1, 0.15) is 21.5 Å². The van der Waals surface area contributed by atoms with Gasteiger partial charge in [0.05, 0.1) is 12.0 Å². The molecule has 0 amide bonds. The number of nitro benzene ring substituents is 1. The number of nitrogens with zero attached hydrogens (tertiary/aromatic N) is 1. The Labute approximate surface area is 122 Å². The normalized spacial score (nSPS) is 10.2. The standard InChI is InChI=1S/C16H15NO4/c1-11-7-8-13(10-16(11)21-2)15(18)9-12-5-3-4-6-14(12)17(19)20/h3-8,10H,9H2,1-2H3. The Morgan fingerprint density at radius 2 is 1.95 bits per heavy atom. The highest BCUT2D eigenvalue weighted by molar-refractivity contribution is 5.98. The molecular weight excluding hydrogens is 270 g/mol. The minimum atomic E-state index is -0.474. The Balaban J connectivity index is 2.28. The summed E-state index contributed by atoms with van der Waals surface area (Å²) in [5.74, 6) is 0.450. The first kappa shape index (κ1) is 14.7. The summed E-state index contributed by atoms with van der Waals surface area (Å²) in [5, 5.41) is 11.0. The van der Waals surface area contributed by atoms with Crippen LogP contribution in [0.25, 0.3) is 0 Å². The van der Waals surface area contributed by atoms with E-state index in [4.69, 9.17) is 4.74 Å². The lowest BCUT2D eigenvalue weighted by Crippen LogP contribution is -2.06. The van der Waals surface area contributed by atoms with Crippen LogP contribution in [0.5, 0.6) is 5.75 Å². The molecule has 0 aliphatic rings. The molecule has 0 atom stereocenters. The Bertz CT molecular complexity index is 694. The lowest BCUT2D eigenvalue weighted by Gasteiger charge is -2.07. The van der Waals surface area contributed by atoms with Crippen LogP contribution in [0.2, 0.25) is 0 Å². The molecule has 2 aromatic rings. The van der Waals surface area contributed by atoms with Crippen LogP contribution in [-0.2, 0) is 6.42 Å². The predicted octanol–water partition coefficient (Wildman–Crippen LogP) is 3.34. The van der Waals surface area contributed by atoms with E-state index in [1.165, 1.54) is 6.07 Å². The van der Waals surface area contributed by atoms with Crippen LogP contribution >= 0.6 is 0 Å². The van der Waals surface area contributed by atoms with Crippen molar-refractivity contribution in [3.63, 3.8) is 0 Å². The molecule has 2 aromatic carbocycles. The first-order valence-electron chi connectivity index (χ1n) is 6.43. The highest BCUT2D eigenvalue weighted by atomic mass is 16.6. The van der Waals surface area contributed by atoms with Crippen LogP contribution in [-0.4, -0.2) is 17.8 Å². The maximum Gasteiger partial charge on any atom is 0.273 e. The van der Waals surface area contributed by atoms with Gasteiger partial charge in [0.1, 0.15) is 5.75 Å². The molecule has 5 heteroatoms. The number of methoxy groups -OCH3 is 1. The fourth-order valence-electron chi connectivity index (χ4n) is 2.11. The van der Waals surface area contributed by atoms with Crippen molar-refractivity contribution < 1.29 is 14.5 Å². The van der Waals surface area contributed by atoms with E-state index < -0.39 is 4.92 Å². The maximum absolute atomic E-state index is 12.3. The van der Waals surface area contributed by atoms with E-state index in [-0.39, 0.29) is 17.9 Å². The van der Waals surface area contributed by atoms with Crippen molar-refractivity contribution in [2.45, 2.75) is 13.3 Å². The minimum absolute atomic E-state index is 0.0105. The number of hydrogen-bond donors (Lipinski definition) is 0. The van der Waals surface area contributed by atoms with E-state index in [2.05, 4.69) is 0 Å². The molecule has 0 spiro atoms. The summed E-state index contributed by atoms with van der Waals surface area (Å²) in [7, 11) is 1.54. The van der Waals surface area contributed by atoms with Crippen LogP contribution in [0.15, 0.2) is 42.5 Å². The van der Waals surface area contributed by atoms with E-state index in [0.29, 0.717) is 16.9 Å². The quantitative estimate of drug-likeness (QED) is 0.480. The molecule has 0 radical (unpaired) electrons. The van der Waals surface area contributed by atoms with Gasteiger partial charge in [-0.1, -0.05) is 30.3 Å². The average Bonchev–Trinajstić information content (AvgIpc) is 2.48. The molecule has 0 heterocycles. The first-order chi connectivity index (χ1) is 10.0. The van der Waals surface area contributed by atoms with Gasteiger partial charge in [0, 0.05) is 23.6 Å².